The molecule has 3 aromatic heterocycles. The van der Waals surface area contributed by atoms with Crippen LogP contribution >= 0.6 is 11.3 Å². The van der Waals surface area contributed by atoms with Crippen molar-refractivity contribution in [1.82, 2.24) is 19.5 Å². The van der Waals surface area contributed by atoms with Crippen molar-refractivity contribution in [3.8, 4) is 39.9 Å². The molecule has 0 aliphatic carbocycles. The first-order valence-electron chi connectivity index (χ1n) is 20.4. The summed E-state index contributed by atoms with van der Waals surface area (Å²) in [5.41, 5.74) is 6.31. The zero-order valence-electron chi connectivity index (χ0n) is 32.0. The predicted molar refractivity (Wildman–Crippen MR) is 253 cm³/mol. The van der Waals surface area contributed by atoms with Crippen molar-refractivity contribution in [3.05, 3.63) is 182 Å². The molecule has 0 N–H and O–H groups in total. The first-order valence-corrected chi connectivity index (χ1v) is 21.2. The van der Waals surface area contributed by atoms with Crippen molar-refractivity contribution in [2.75, 3.05) is 0 Å². The molecule has 14 rings (SSSR count). The Balaban J connectivity index is 1.07. The topological polar surface area (TPSA) is 43.6 Å². The Hall–Kier alpha value is -7.73. The Labute approximate surface area is 346 Å². The second kappa shape index (κ2) is 11.9. The van der Waals surface area contributed by atoms with Gasteiger partial charge in [-0.25, -0.2) is 15.0 Å². The van der Waals surface area contributed by atoms with E-state index in [-0.39, 0.29) is 0 Å². The average Bonchev–Trinajstić information content (AvgIpc) is 3.95. The number of benzene rings is 9. The Kier molecular flexibility index (Phi) is 6.41. The summed E-state index contributed by atoms with van der Waals surface area (Å²) in [6.07, 6.45) is 0. The van der Waals surface area contributed by atoms with Crippen molar-refractivity contribution < 1.29 is 0 Å². The van der Waals surface area contributed by atoms with Gasteiger partial charge in [0.05, 0.1) is 11.0 Å². The lowest BCUT2D eigenvalue weighted by atomic mass is 9.97. The van der Waals surface area contributed by atoms with Crippen molar-refractivity contribution in [1.29, 1.82) is 0 Å². The van der Waals surface area contributed by atoms with Gasteiger partial charge in [0.25, 0.3) is 0 Å². The van der Waals surface area contributed by atoms with E-state index in [2.05, 4.69) is 168 Å². The van der Waals surface area contributed by atoms with E-state index in [1.165, 1.54) is 95.8 Å². The molecule has 0 saturated carbocycles. The van der Waals surface area contributed by atoms with Crippen LogP contribution in [-0.2, 0) is 0 Å². The molecule has 0 unspecified atom stereocenters. The van der Waals surface area contributed by atoms with Crippen LogP contribution in [-0.4, -0.2) is 19.5 Å². The molecule has 3 heterocycles. The Morgan fingerprint density at radius 2 is 0.883 bits per heavy atom. The first-order chi connectivity index (χ1) is 29.8. The van der Waals surface area contributed by atoms with Crippen LogP contribution in [0.3, 0.4) is 0 Å². The van der Waals surface area contributed by atoms with Gasteiger partial charge in [0.15, 0.2) is 17.5 Å². The number of hydrogen-bond acceptors (Lipinski definition) is 4. The maximum absolute atomic E-state index is 5.32. The minimum absolute atomic E-state index is 0.638. The molecule has 0 amide bonds. The molecule has 0 bridgehead atoms. The van der Waals surface area contributed by atoms with Gasteiger partial charge in [0, 0.05) is 58.7 Å². The Morgan fingerprint density at radius 1 is 0.317 bits per heavy atom. The molecule has 14 aromatic rings. The summed E-state index contributed by atoms with van der Waals surface area (Å²) < 4.78 is 4.94. The van der Waals surface area contributed by atoms with Gasteiger partial charge in [-0.2, -0.15) is 0 Å². The van der Waals surface area contributed by atoms with Crippen LogP contribution in [0.15, 0.2) is 182 Å². The fourth-order valence-electron chi connectivity index (χ4n) is 10.3. The standard InChI is InChI=1S/C55H30N4S/c1-2-13-31(14-3-1)53-56-54(58-55(57-53)42-23-12-26-47-48(42)41-21-8-9-25-46(41)60-47)32-15-10-16-33(29-32)59-44-24-11-22-38-34-17-4-5-18-35(34)40-28-27-39-36-19-6-7-20-37(36)43-30-45(59)52(50(38)44)51(40)49(39)43/h1-30H. The monoisotopic (exact) mass is 778 g/mol. The quantitative estimate of drug-likeness (QED) is 0.179. The predicted octanol–water partition coefficient (Wildman–Crippen LogP) is 15.0. The lowest BCUT2D eigenvalue weighted by Crippen LogP contribution is -2.01. The lowest BCUT2D eigenvalue weighted by Gasteiger charge is -2.13. The number of rotatable bonds is 4. The third kappa shape index (κ3) is 4.31. The highest BCUT2D eigenvalue weighted by Gasteiger charge is 2.25. The van der Waals surface area contributed by atoms with Gasteiger partial charge in [-0.1, -0.05) is 146 Å². The van der Waals surface area contributed by atoms with E-state index >= 15 is 0 Å². The zero-order valence-corrected chi connectivity index (χ0v) is 32.8. The molecule has 5 heteroatoms. The summed E-state index contributed by atoms with van der Waals surface area (Å²) in [5.74, 6) is 1.95. The maximum Gasteiger partial charge on any atom is 0.164 e. The third-order valence-corrected chi connectivity index (χ3v) is 13.9. The molecule has 0 saturated heterocycles. The highest BCUT2D eigenvalue weighted by molar-refractivity contribution is 7.25. The van der Waals surface area contributed by atoms with Crippen LogP contribution in [0.4, 0.5) is 0 Å². The van der Waals surface area contributed by atoms with Crippen LogP contribution in [0.2, 0.25) is 0 Å². The molecule has 0 aliphatic heterocycles. The van der Waals surface area contributed by atoms with E-state index in [1.54, 1.807) is 11.3 Å². The normalized spacial score (nSPS) is 12.3. The highest BCUT2D eigenvalue weighted by Crippen LogP contribution is 2.50. The Morgan fingerprint density at radius 3 is 1.67 bits per heavy atom. The van der Waals surface area contributed by atoms with Crippen molar-refractivity contribution >= 4 is 107 Å². The minimum atomic E-state index is 0.638. The van der Waals surface area contributed by atoms with Crippen LogP contribution in [0, 0.1) is 0 Å². The summed E-state index contributed by atoms with van der Waals surface area (Å²) in [6.45, 7) is 0. The zero-order chi connectivity index (χ0) is 39.1. The van der Waals surface area contributed by atoms with Crippen LogP contribution < -0.4 is 0 Å². The van der Waals surface area contributed by atoms with E-state index in [9.17, 15) is 0 Å². The molecule has 0 fully saturated rings. The molecular weight excluding hydrogens is 749 g/mol. The fourth-order valence-corrected chi connectivity index (χ4v) is 11.4. The number of fused-ring (bicyclic) bond motifs is 9. The van der Waals surface area contributed by atoms with Crippen molar-refractivity contribution in [3.63, 3.8) is 0 Å². The number of nitrogens with zero attached hydrogens (tertiary/aromatic N) is 4. The highest BCUT2D eigenvalue weighted by atomic mass is 32.1. The van der Waals surface area contributed by atoms with Gasteiger partial charge in [-0.05, 0) is 84.9 Å². The number of hydrogen-bond donors (Lipinski definition) is 0. The van der Waals surface area contributed by atoms with Gasteiger partial charge in [-0.3, -0.25) is 0 Å². The lowest BCUT2D eigenvalue weighted by molar-refractivity contribution is 1.07. The van der Waals surface area contributed by atoms with E-state index in [0.717, 1.165) is 22.4 Å². The van der Waals surface area contributed by atoms with E-state index in [0.29, 0.717) is 17.5 Å². The first kappa shape index (κ1) is 32.3. The maximum atomic E-state index is 5.32. The molecule has 0 atom stereocenters. The molecule has 0 spiro atoms. The van der Waals surface area contributed by atoms with Crippen molar-refractivity contribution in [2.24, 2.45) is 0 Å². The van der Waals surface area contributed by atoms with Gasteiger partial charge in [-0.15, -0.1) is 11.3 Å². The third-order valence-electron chi connectivity index (χ3n) is 12.7. The summed E-state index contributed by atoms with van der Waals surface area (Å²) >= 11 is 1.80. The largest absolute Gasteiger partial charge is 0.309 e. The molecule has 11 aromatic carbocycles. The molecule has 60 heavy (non-hydrogen) atoms. The SMILES string of the molecule is c1ccc(-c2nc(-c3cccc(-n4c5cccc6c7ccccc7c7ccc8c9ccccc9c9cc4c(c7c89)c65)c3)nc(-c3cccc4sc5ccccc5c34)n2)cc1. The van der Waals surface area contributed by atoms with Gasteiger partial charge < -0.3 is 4.57 Å². The van der Waals surface area contributed by atoms with Crippen LogP contribution in [0.25, 0.3) is 136 Å². The minimum Gasteiger partial charge on any atom is -0.309 e. The van der Waals surface area contributed by atoms with Gasteiger partial charge in [0.1, 0.15) is 0 Å². The molecule has 4 nitrogen and oxygen atoms in total. The molecular formula is C55H30N4S. The number of aromatic nitrogens is 4. The summed E-state index contributed by atoms with van der Waals surface area (Å²) in [5, 5.41) is 17.9. The second-order valence-corrected chi connectivity index (χ2v) is 16.9. The molecule has 276 valence electrons. The fraction of sp³-hybridized carbons (Fsp3) is 0. The van der Waals surface area contributed by atoms with Gasteiger partial charge in [0.2, 0.25) is 0 Å². The smallest absolute Gasteiger partial charge is 0.164 e. The van der Waals surface area contributed by atoms with Gasteiger partial charge >= 0.3 is 0 Å². The van der Waals surface area contributed by atoms with Crippen LogP contribution in [0.1, 0.15) is 0 Å². The van der Waals surface area contributed by atoms with E-state index in [4.69, 9.17) is 15.0 Å². The summed E-state index contributed by atoms with van der Waals surface area (Å²) in [4.78, 5) is 15.7. The molecule has 0 radical (unpaired) electrons. The van der Waals surface area contributed by atoms with E-state index < -0.39 is 0 Å². The molecule has 0 aliphatic rings. The summed E-state index contributed by atoms with van der Waals surface area (Å²) in [7, 11) is 0. The second-order valence-electron chi connectivity index (χ2n) is 15.9. The average molecular weight is 779 g/mol. The Bertz CT molecular complexity index is 4070. The van der Waals surface area contributed by atoms with E-state index in [1.807, 2.05) is 18.2 Å². The summed E-state index contributed by atoms with van der Waals surface area (Å²) in [6, 6.07) is 65.9. The van der Waals surface area contributed by atoms with Crippen LogP contribution in [0.5, 0.6) is 0 Å². The van der Waals surface area contributed by atoms with Crippen molar-refractivity contribution in [2.45, 2.75) is 0 Å². The number of thiophene rings is 1.